The number of aromatic nitrogens is 2. The average molecular weight is 268 g/mol. The van der Waals surface area contributed by atoms with Crippen LogP contribution in [0.4, 0.5) is 5.82 Å². The molecule has 0 fully saturated rings. The van der Waals surface area contributed by atoms with Crippen LogP contribution in [0.3, 0.4) is 0 Å². The molecule has 0 amide bonds. The van der Waals surface area contributed by atoms with Crippen molar-refractivity contribution in [1.29, 1.82) is 0 Å². The maximum atomic E-state index is 5.91. The van der Waals surface area contributed by atoms with Crippen molar-refractivity contribution in [2.24, 2.45) is 0 Å². The molecule has 0 spiro atoms. The summed E-state index contributed by atoms with van der Waals surface area (Å²) >= 11 is 7.72. The van der Waals surface area contributed by atoms with Gasteiger partial charge in [-0.15, -0.1) is 0 Å². The Labute approximate surface area is 110 Å². The zero-order valence-electron chi connectivity index (χ0n) is 9.77. The molecular formula is C12H14ClN3S. The van der Waals surface area contributed by atoms with E-state index in [1.807, 2.05) is 36.0 Å². The molecule has 2 aromatic rings. The van der Waals surface area contributed by atoms with Crippen LogP contribution in [0.2, 0.25) is 5.28 Å². The smallest absolute Gasteiger partial charge is 0.224 e. The van der Waals surface area contributed by atoms with Crippen molar-refractivity contribution in [2.75, 3.05) is 18.1 Å². The average Bonchev–Trinajstić information content (AvgIpc) is 2.35. The second-order valence-corrected chi connectivity index (χ2v) is 5.40. The second kappa shape index (κ2) is 5.56. The number of thioether (sulfide) groups is 1. The summed E-state index contributed by atoms with van der Waals surface area (Å²) in [5.74, 6) is 0.807. The molecule has 0 radical (unpaired) electrons. The minimum Gasteiger partial charge on any atom is -0.368 e. The highest BCUT2D eigenvalue weighted by Crippen LogP contribution is 2.22. The summed E-state index contributed by atoms with van der Waals surface area (Å²) in [5, 5.41) is 5.14. The van der Waals surface area contributed by atoms with Gasteiger partial charge < -0.3 is 5.32 Å². The number of para-hydroxylation sites is 1. The van der Waals surface area contributed by atoms with Gasteiger partial charge >= 0.3 is 0 Å². The van der Waals surface area contributed by atoms with E-state index in [1.54, 1.807) is 0 Å². The molecule has 0 aliphatic rings. The Morgan fingerprint density at radius 1 is 1.35 bits per heavy atom. The summed E-state index contributed by atoms with van der Waals surface area (Å²) in [6.07, 6.45) is 2.09. The quantitative estimate of drug-likeness (QED) is 0.861. The molecule has 0 aliphatic carbocycles. The van der Waals surface area contributed by atoms with Gasteiger partial charge in [0.25, 0.3) is 0 Å². The lowest BCUT2D eigenvalue weighted by Crippen LogP contribution is -2.14. The second-order valence-electron chi connectivity index (χ2n) is 3.79. The number of rotatable bonds is 4. The van der Waals surface area contributed by atoms with Crippen LogP contribution < -0.4 is 5.32 Å². The first-order chi connectivity index (χ1) is 8.20. The predicted molar refractivity (Wildman–Crippen MR) is 76.0 cm³/mol. The summed E-state index contributed by atoms with van der Waals surface area (Å²) in [7, 11) is 0. The monoisotopic (exact) mass is 267 g/mol. The van der Waals surface area contributed by atoms with E-state index >= 15 is 0 Å². The minimum absolute atomic E-state index is 0.281. The zero-order valence-corrected chi connectivity index (χ0v) is 11.3. The van der Waals surface area contributed by atoms with Gasteiger partial charge in [0, 0.05) is 17.2 Å². The van der Waals surface area contributed by atoms with E-state index in [1.165, 1.54) is 0 Å². The molecular weight excluding hydrogens is 254 g/mol. The minimum atomic E-state index is 0.281. The SMILES string of the molecule is CSC(C)CNc1nc(Cl)nc2ccccc12. The van der Waals surface area contributed by atoms with Crippen LogP contribution in [0.15, 0.2) is 24.3 Å². The van der Waals surface area contributed by atoms with E-state index in [0.29, 0.717) is 5.25 Å². The van der Waals surface area contributed by atoms with Gasteiger partial charge in [-0.05, 0) is 30.0 Å². The first kappa shape index (κ1) is 12.5. The lowest BCUT2D eigenvalue weighted by atomic mass is 10.2. The Morgan fingerprint density at radius 2 is 2.12 bits per heavy atom. The molecule has 1 heterocycles. The third-order valence-electron chi connectivity index (χ3n) is 2.54. The van der Waals surface area contributed by atoms with Crippen molar-refractivity contribution in [1.82, 2.24) is 9.97 Å². The van der Waals surface area contributed by atoms with Crippen molar-refractivity contribution in [3.63, 3.8) is 0 Å². The molecule has 1 unspecified atom stereocenters. The molecule has 1 aromatic carbocycles. The lowest BCUT2D eigenvalue weighted by molar-refractivity contribution is 0.992. The van der Waals surface area contributed by atoms with Gasteiger partial charge in [-0.3, -0.25) is 0 Å². The fourth-order valence-corrected chi connectivity index (χ4v) is 1.93. The van der Waals surface area contributed by atoms with Gasteiger partial charge in [0.05, 0.1) is 5.52 Å². The fraction of sp³-hybridized carbons (Fsp3) is 0.333. The Kier molecular flexibility index (Phi) is 4.07. The molecule has 0 saturated carbocycles. The number of nitrogens with one attached hydrogen (secondary N) is 1. The van der Waals surface area contributed by atoms with Crippen LogP contribution in [0.1, 0.15) is 6.92 Å². The van der Waals surface area contributed by atoms with Gasteiger partial charge in [0.1, 0.15) is 5.82 Å². The maximum Gasteiger partial charge on any atom is 0.224 e. The number of anilines is 1. The van der Waals surface area contributed by atoms with Crippen LogP contribution in [0.5, 0.6) is 0 Å². The predicted octanol–water partition coefficient (Wildman–Crippen LogP) is 3.45. The molecule has 1 aromatic heterocycles. The Balaban J connectivity index is 2.32. The van der Waals surface area contributed by atoms with E-state index in [4.69, 9.17) is 11.6 Å². The van der Waals surface area contributed by atoms with E-state index in [-0.39, 0.29) is 5.28 Å². The number of halogens is 1. The molecule has 5 heteroatoms. The van der Waals surface area contributed by atoms with E-state index in [9.17, 15) is 0 Å². The third kappa shape index (κ3) is 3.01. The third-order valence-corrected chi connectivity index (χ3v) is 3.68. The highest BCUT2D eigenvalue weighted by atomic mass is 35.5. The van der Waals surface area contributed by atoms with Crippen molar-refractivity contribution < 1.29 is 0 Å². The lowest BCUT2D eigenvalue weighted by Gasteiger charge is -2.12. The van der Waals surface area contributed by atoms with Crippen LogP contribution in [0, 0.1) is 0 Å². The molecule has 0 bridgehead atoms. The Hall–Kier alpha value is -1.00. The fourth-order valence-electron chi connectivity index (χ4n) is 1.51. The Bertz CT molecular complexity index is 518. The van der Waals surface area contributed by atoms with E-state index < -0.39 is 0 Å². The zero-order chi connectivity index (χ0) is 12.3. The normalized spacial score (nSPS) is 12.6. The van der Waals surface area contributed by atoms with Gasteiger partial charge in [-0.2, -0.15) is 11.8 Å². The van der Waals surface area contributed by atoms with Crippen molar-refractivity contribution in [2.45, 2.75) is 12.2 Å². The molecule has 3 nitrogen and oxygen atoms in total. The van der Waals surface area contributed by atoms with Crippen molar-refractivity contribution >= 4 is 40.1 Å². The van der Waals surface area contributed by atoms with E-state index in [0.717, 1.165) is 23.3 Å². The van der Waals surface area contributed by atoms with Crippen LogP contribution in [0.25, 0.3) is 10.9 Å². The summed E-state index contributed by atoms with van der Waals surface area (Å²) in [4.78, 5) is 8.43. The van der Waals surface area contributed by atoms with Gasteiger partial charge in [-0.25, -0.2) is 9.97 Å². The molecule has 17 heavy (non-hydrogen) atoms. The van der Waals surface area contributed by atoms with Gasteiger partial charge in [-0.1, -0.05) is 19.1 Å². The topological polar surface area (TPSA) is 37.8 Å². The molecule has 90 valence electrons. The van der Waals surface area contributed by atoms with Crippen LogP contribution in [-0.2, 0) is 0 Å². The number of fused-ring (bicyclic) bond motifs is 1. The molecule has 0 aliphatic heterocycles. The molecule has 2 rings (SSSR count). The molecule has 1 atom stereocenters. The van der Waals surface area contributed by atoms with Gasteiger partial charge in [0.2, 0.25) is 5.28 Å². The van der Waals surface area contributed by atoms with Gasteiger partial charge in [0.15, 0.2) is 0 Å². The van der Waals surface area contributed by atoms with E-state index in [2.05, 4.69) is 28.5 Å². The largest absolute Gasteiger partial charge is 0.368 e. The van der Waals surface area contributed by atoms with Crippen molar-refractivity contribution in [3.8, 4) is 0 Å². The first-order valence-electron chi connectivity index (χ1n) is 5.39. The summed E-state index contributed by atoms with van der Waals surface area (Å²) in [6, 6.07) is 7.85. The Morgan fingerprint density at radius 3 is 2.88 bits per heavy atom. The first-order valence-corrected chi connectivity index (χ1v) is 7.06. The molecule has 1 N–H and O–H groups in total. The number of hydrogen-bond donors (Lipinski definition) is 1. The highest BCUT2D eigenvalue weighted by Gasteiger charge is 2.07. The number of hydrogen-bond acceptors (Lipinski definition) is 4. The van der Waals surface area contributed by atoms with Crippen molar-refractivity contribution in [3.05, 3.63) is 29.5 Å². The van der Waals surface area contributed by atoms with Crippen LogP contribution >= 0.6 is 23.4 Å². The standard InChI is InChI=1S/C12H14ClN3S/c1-8(17-2)7-14-11-9-5-3-4-6-10(9)15-12(13)16-11/h3-6,8H,7H2,1-2H3,(H,14,15,16). The van der Waals surface area contributed by atoms with Crippen LogP contribution in [-0.4, -0.2) is 28.0 Å². The summed E-state index contributed by atoms with van der Waals surface area (Å²) in [5.41, 5.74) is 0.867. The highest BCUT2D eigenvalue weighted by molar-refractivity contribution is 7.99. The maximum absolute atomic E-state index is 5.91. The molecule has 0 saturated heterocycles. The number of nitrogens with zero attached hydrogens (tertiary/aromatic N) is 2. The summed E-state index contributed by atoms with van der Waals surface area (Å²) in [6.45, 7) is 3.03. The summed E-state index contributed by atoms with van der Waals surface area (Å²) < 4.78 is 0. The number of benzene rings is 1.